The van der Waals surface area contributed by atoms with Crippen LogP contribution in [-0.2, 0) is 11.2 Å². The summed E-state index contributed by atoms with van der Waals surface area (Å²) in [4.78, 5) is 11.9. The van der Waals surface area contributed by atoms with Crippen LogP contribution in [0.15, 0.2) is 42.5 Å². The van der Waals surface area contributed by atoms with Gasteiger partial charge in [-0.2, -0.15) is 0 Å². The maximum absolute atomic E-state index is 11.9. The maximum atomic E-state index is 11.9. The molecule has 0 bridgehead atoms. The molecule has 0 spiro atoms. The van der Waals surface area contributed by atoms with Gasteiger partial charge in [0.05, 0.1) is 6.04 Å². The molecule has 1 aliphatic carbocycles. The Kier molecular flexibility index (Phi) is 4.53. The first-order valence-electron chi connectivity index (χ1n) is 6.50. The lowest BCUT2D eigenvalue weighted by Gasteiger charge is -2.16. The van der Waals surface area contributed by atoms with Gasteiger partial charge in [0.2, 0.25) is 5.91 Å². The third-order valence-corrected chi connectivity index (χ3v) is 3.28. The van der Waals surface area contributed by atoms with Crippen LogP contribution >= 0.6 is 0 Å². The van der Waals surface area contributed by atoms with Gasteiger partial charge in [-0.05, 0) is 31.2 Å². The number of carbonyl (C=O) groups is 1. The molecule has 0 aliphatic heterocycles. The van der Waals surface area contributed by atoms with Crippen LogP contribution in [-0.4, -0.2) is 18.0 Å². The average Bonchev–Trinajstić information content (AvgIpc) is 2.90. The highest BCUT2D eigenvalue weighted by Gasteiger charge is 2.18. The van der Waals surface area contributed by atoms with Crippen molar-refractivity contribution >= 4 is 5.91 Å². The molecule has 96 valence electrons. The number of carbonyl (C=O) groups excluding carboxylic acids is 1. The molecule has 2 rings (SSSR count). The van der Waals surface area contributed by atoms with Crippen molar-refractivity contribution in [1.29, 1.82) is 0 Å². The van der Waals surface area contributed by atoms with E-state index in [1.165, 1.54) is 5.56 Å². The van der Waals surface area contributed by atoms with E-state index in [0.717, 1.165) is 19.3 Å². The number of amides is 1. The van der Waals surface area contributed by atoms with E-state index in [9.17, 15) is 4.79 Å². The van der Waals surface area contributed by atoms with E-state index in [1.807, 2.05) is 18.2 Å². The van der Waals surface area contributed by atoms with Crippen LogP contribution in [0.2, 0.25) is 0 Å². The molecule has 1 aromatic rings. The number of rotatable bonds is 5. The van der Waals surface area contributed by atoms with Crippen LogP contribution in [0.5, 0.6) is 0 Å². The smallest absolute Gasteiger partial charge is 0.237 e. The second-order valence-corrected chi connectivity index (χ2v) is 4.78. The van der Waals surface area contributed by atoms with Crippen LogP contribution in [0.25, 0.3) is 0 Å². The summed E-state index contributed by atoms with van der Waals surface area (Å²) in [6.45, 7) is 0. The van der Waals surface area contributed by atoms with Gasteiger partial charge in [-0.15, -0.1) is 0 Å². The van der Waals surface area contributed by atoms with Crippen molar-refractivity contribution in [3.05, 3.63) is 48.0 Å². The van der Waals surface area contributed by atoms with E-state index in [0.29, 0.717) is 6.42 Å². The number of nitrogens with two attached hydrogens (primary N) is 1. The Hall–Kier alpha value is -1.61. The van der Waals surface area contributed by atoms with Crippen LogP contribution < -0.4 is 11.1 Å². The molecule has 1 atom stereocenters. The highest BCUT2D eigenvalue weighted by atomic mass is 16.2. The molecule has 0 radical (unpaired) electrons. The molecule has 0 saturated heterocycles. The van der Waals surface area contributed by atoms with Crippen molar-refractivity contribution in [2.24, 2.45) is 5.73 Å². The Morgan fingerprint density at radius 1 is 1.28 bits per heavy atom. The van der Waals surface area contributed by atoms with Gasteiger partial charge in [0.15, 0.2) is 0 Å². The second-order valence-electron chi connectivity index (χ2n) is 4.78. The zero-order chi connectivity index (χ0) is 12.8. The molecule has 3 heteroatoms. The molecular formula is C15H20N2O. The van der Waals surface area contributed by atoms with E-state index in [1.54, 1.807) is 0 Å². The van der Waals surface area contributed by atoms with Gasteiger partial charge in [0.1, 0.15) is 0 Å². The summed E-state index contributed by atoms with van der Waals surface area (Å²) in [5.74, 6) is -0.0281. The highest BCUT2D eigenvalue weighted by molar-refractivity contribution is 5.81. The van der Waals surface area contributed by atoms with Gasteiger partial charge in [0, 0.05) is 6.04 Å². The predicted octanol–water partition coefficient (Wildman–Crippen LogP) is 1.78. The minimum atomic E-state index is -0.411. The zero-order valence-electron chi connectivity index (χ0n) is 10.5. The van der Waals surface area contributed by atoms with E-state index in [2.05, 4.69) is 29.6 Å². The van der Waals surface area contributed by atoms with Gasteiger partial charge >= 0.3 is 0 Å². The summed E-state index contributed by atoms with van der Waals surface area (Å²) in [6.07, 6.45) is 7.59. The average molecular weight is 244 g/mol. The van der Waals surface area contributed by atoms with Gasteiger partial charge in [0.25, 0.3) is 0 Å². The Balaban J connectivity index is 1.73. The Labute approximate surface area is 108 Å². The lowest BCUT2D eigenvalue weighted by atomic mass is 10.0. The number of aryl methyl sites for hydroxylation is 1. The molecule has 0 fully saturated rings. The van der Waals surface area contributed by atoms with Crippen molar-refractivity contribution in [2.75, 3.05) is 0 Å². The normalized spacial score (nSPS) is 16.7. The summed E-state index contributed by atoms with van der Waals surface area (Å²) in [5.41, 5.74) is 7.14. The Morgan fingerprint density at radius 3 is 2.61 bits per heavy atom. The Bertz CT molecular complexity index is 406. The van der Waals surface area contributed by atoms with Gasteiger partial charge in [-0.25, -0.2) is 0 Å². The monoisotopic (exact) mass is 244 g/mol. The largest absolute Gasteiger partial charge is 0.351 e. The summed E-state index contributed by atoms with van der Waals surface area (Å²) in [5, 5.41) is 2.99. The fraction of sp³-hybridized carbons (Fsp3) is 0.400. The fourth-order valence-electron chi connectivity index (χ4n) is 2.14. The van der Waals surface area contributed by atoms with E-state index >= 15 is 0 Å². The number of benzene rings is 1. The fourth-order valence-corrected chi connectivity index (χ4v) is 2.14. The SMILES string of the molecule is N[C@@H](CCc1ccccc1)C(=O)NC1CC=CC1. The first-order valence-corrected chi connectivity index (χ1v) is 6.50. The molecule has 3 N–H and O–H groups in total. The summed E-state index contributed by atoms with van der Waals surface area (Å²) in [6, 6.07) is 9.96. The van der Waals surface area contributed by atoms with Gasteiger partial charge < -0.3 is 11.1 Å². The maximum Gasteiger partial charge on any atom is 0.237 e. The van der Waals surface area contributed by atoms with Crippen LogP contribution in [0.4, 0.5) is 0 Å². The standard InChI is InChI=1S/C15H20N2O/c16-14(11-10-12-6-2-1-3-7-12)15(18)17-13-8-4-5-9-13/h1-7,13-14H,8-11,16H2,(H,17,18)/t14-/m0/s1. The van der Waals surface area contributed by atoms with Crippen LogP contribution in [0, 0.1) is 0 Å². The number of hydrogen-bond acceptors (Lipinski definition) is 2. The number of hydrogen-bond donors (Lipinski definition) is 2. The highest BCUT2D eigenvalue weighted by Crippen LogP contribution is 2.10. The lowest BCUT2D eigenvalue weighted by molar-refractivity contribution is -0.123. The van der Waals surface area contributed by atoms with Gasteiger partial charge in [-0.3, -0.25) is 4.79 Å². The van der Waals surface area contributed by atoms with Crippen molar-refractivity contribution < 1.29 is 4.79 Å². The minimum absolute atomic E-state index is 0.0281. The summed E-state index contributed by atoms with van der Waals surface area (Å²) in [7, 11) is 0. The quantitative estimate of drug-likeness (QED) is 0.776. The van der Waals surface area contributed by atoms with E-state index in [-0.39, 0.29) is 11.9 Å². The van der Waals surface area contributed by atoms with E-state index < -0.39 is 6.04 Å². The molecule has 0 aromatic heterocycles. The van der Waals surface area contributed by atoms with Crippen molar-refractivity contribution in [2.45, 2.75) is 37.8 Å². The van der Waals surface area contributed by atoms with Crippen molar-refractivity contribution in [3.63, 3.8) is 0 Å². The molecule has 1 amide bonds. The third kappa shape index (κ3) is 3.70. The predicted molar refractivity (Wildman–Crippen MR) is 73.0 cm³/mol. The lowest BCUT2D eigenvalue weighted by Crippen LogP contribution is -2.44. The first kappa shape index (κ1) is 12.8. The van der Waals surface area contributed by atoms with Crippen LogP contribution in [0.1, 0.15) is 24.8 Å². The number of nitrogens with one attached hydrogen (secondary N) is 1. The molecule has 0 heterocycles. The van der Waals surface area contributed by atoms with E-state index in [4.69, 9.17) is 5.73 Å². The molecule has 1 aliphatic rings. The van der Waals surface area contributed by atoms with Gasteiger partial charge in [-0.1, -0.05) is 42.5 Å². The molecule has 3 nitrogen and oxygen atoms in total. The van der Waals surface area contributed by atoms with Crippen molar-refractivity contribution in [3.8, 4) is 0 Å². The molecule has 0 unspecified atom stereocenters. The molecular weight excluding hydrogens is 224 g/mol. The summed E-state index contributed by atoms with van der Waals surface area (Å²) < 4.78 is 0. The minimum Gasteiger partial charge on any atom is -0.351 e. The molecule has 18 heavy (non-hydrogen) atoms. The summed E-state index contributed by atoms with van der Waals surface area (Å²) >= 11 is 0. The van der Waals surface area contributed by atoms with Crippen LogP contribution in [0.3, 0.4) is 0 Å². The first-order chi connectivity index (χ1) is 8.75. The molecule has 1 aromatic carbocycles. The van der Waals surface area contributed by atoms with Crippen molar-refractivity contribution in [1.82, 2.24) is 5.32 Å². The Morgan fingerprint density at radius 2 is 1.94 bits per heavy atom. The third-order valence-electron chi connectivity index (χ3n) is 3.28. The molecule has 0 saturated carbocycles. The second kappa shape index (κ2) is 6.36. The zero-order valence-corrected chi connectivity index (χ0v) is 10.5. The topological polar surface area (TPSA) is 55.1 Å².